The second kappa shape index (κ2) is 7.53. The number of anilines is 4. The molecular weight excluding hydrogens is 350 g/mol. The van der Waals surface area contributed by atoms with Crippen LogP contribution in [0.4, 0.5) is 31.9 Å². The Morgan fingerprint density at radius 1 is 0.889 bits per heavy atom. The van der Waals surface area contributed by atoms with Crippen LogP contribution in [0.5, 0.6) is 0 Å². The third-order valence-corrected chi connectivity index (χ3v) is 3.52. The van der Waals surface area contributed by atoms with Gasteiger partial charge in [0.15, 0.2) is 5.82 Å². The van der Waals surface area contributed by atoms with Crippen molar-refractivity contribution in [1.29, 1.82) is 0 Å². The number of rotatable bonds is 5. The Kier molecular flexibility index (Phi) is 5.16. The van der Waals surface area contributed by atoms with Gasteiger partial charge in [-0.25, -0.2) is 23.7 Å². The number of nitrogen functional groups attached to an aromatic ring is 1. The molecule has 0 fully saturated rings. The van der Waals surface area contributed by atoms with Crippen molar-refractivity contribution in [3.8, 4) is 11.5 Å². The number of aromatic nitrogens is 3. The number of benzene rings is 1. The fourth-order valence-corrected chi connectivity index (χ4v) is 2.58. The number of nitrogens with zero attached hydrogens (tertiary/aromatic N) is 3. The van der Waals surface area contributed by atoms with Crippen molar-refractivity contribution >= 4 is 23.1 Å². The molecule has 0 aliphatic carbocycles. The highest BCUT2D eigenvalue weighted by Gasteiger charge is 2.12. The first-order valence-corrected chi connectivity index (χ1v) is 8.42. The molecule has 2 aromatic heterocycles. The maximum absolute atomic E-state index is 13.7. The van der Waals surface area contributed by atoms with Crippen molar-refractivity contribution in [3.63, 3.8) is 0 Å². The van der Waals surface area contributed by atoms with E-state index in [2.05, 4.69) is 25.6 Å². The zero-order valence-corrected chi connectivity index (χ0v) is 15.2. The highest BCUT2D eigenvalue weighted by molar-refractivity contribution is 5.64. The summed E-state index contributed by atoms with van der Waals surface area (Å²) >= 11 is 0. The summed E-state index contributed by atoms with van der Waals surface area (Å²) in [6.45, 7) is 5.72. The lowest BCUT2D eigenvalue weighted by Crippen LogP contribution is -2.12. The molecule has 140 valence electrons. The van der Waals surface area contributed by atoms with Crippen LogP contribution in [0.15, 0.2) is 36.4 Å². The van der Waals surface area contributed by atoms with E-state index >= 15 is 0 Å². The van der Waals surface area contributed by atoms with Gasteiger partial charge in [-0.2, -0.15) is 0 Å². The quantitative estimate of drug-likeness (QED) is 0.621. The molecule has 0 saturated carbocycles. The maximum Gasteiger partial charge on any atom is 0.182 e. The lowest BCUT2D eigenvalue weighted by atomic mass is 10.2. The molecule has 8 heteroatoms. The Labute approximate surface area is 155 Å². The van der Waals surface area contributed by atoms with Crippen LogP contribution in [-0.2, 0) is 0 Å². The highest BCUT2D eigenvalue weighted by Crippen LogP contribution is 2.24. The van der Waals surface area contributed by atoms with Crippen LogP contribution in [0, 0.1) is 18.6 Å². The number of aryl methyl sites for hydroxylation is 1. The molecule has 3 aromatic rings. The first kappa shape index (κ1) is 18.5. The van der Waals surface area contributed by atoms with Gasteiger partial charge in [-0.15, -0.1) is 0 Å². The van der Waals surface area contributed by atoms with E-state index in [1.807, 2.05) is 13.8 Å². The van der Waals surface area contributed by atoms with Crippen LogP contribution in [0.25, 0.3) is 11.5 Å². The molecule has 2 heterocycles. The van der Waals surface area contributed by atoms with E-state index in [4.69, 9.17) is 5.73 Å². The molecule has 0 aliphatic rings. The maximum atomic E-state index is 13.7. The number of halogens is 2. The Morgan fingerprint density at radius 3 is 2.26 bits per heavy atom. The summed E-state index contributed by atoms with van der Waals surface area (Å²) in [5.41, 5.74) is 7.15. The number of nitrogens with one attached hydrogen (secondary N) is 2. The highest BCUT2D eigenvalue weighted by atomic mass is 19.1. The van der Waals surface area contributed by atoms with Crippen LogP contribution in [0.3, 0.4) is 0 Å². The Morgan fingerprint density at radius 2 is 1.59 bits per heavy atom. The normalized spacial score (nSPS) is 10.9. The molecule has 4 N–H and O–H groups in total. The summed E-state index contributed by atoms with van der Waals surface area (Å²) in [4.78, 5) is 12.9. The predicted molar refractivity (Wildman–Crippen MR) is 103 cm³/mol. The monoisotopic (exact) mass is 370 g/mol. The average molecular weight is 370 g/mol. The van der Waals surface area contributed by atoms with Crippen LogP contribution < -0.4 is 16.4 Å². The summed E-state index contributed by atoms with van der Waals surface area (Å²) in [5.74, 6) is 0.284. The minimum absolute atomic E-state index is 0.0334. The van der Waals surface area contributed by atoms with Crippen LogP contribution in [0.1, 0.15) is 19.4 Å². The third kappa shape index (κ3) is 4.87. The van der Waals surface area contributed by atoms with Crippen molar-refractivity contribution in [2.75, 3.05) is 16.4 Å². The van der Waals surface area contributed by atoms with Crippen molar-refractivity contribution < 1.29 is 8.78 Å². The molecule has 6 nitrogen and oxygen atoms in total. The SMILES string of the molecule is Cc1cc(F)cc(Nc2cc(NC(C)C)nc(-c3cc(F)cc(N)n3)n2)c1. The van der Waals surface area contributed by atoms with Gasteiger partial charge >= 0.3 is 0 Å². The van der Waals surface area contributed by atoms with Crippen molar-refractivity contribution in [2.45, 2.75) is 26.8 Å². The zero-order valence-electron chi connectivity index (χ0n) is 15.2. The van der Waals surface area contributed by atoms with Crippen LogP contribution in [-0.4, -0.2) is 21.0 Å². The molecule has 0 atom stereocenters. The van der Waals surface area contributed by atoms with Crippen LogP contribution in [0.2, 0.25) is 0 Å². The van der Waals surface area contributed by atoms with Crippen molar-refractivity contribution in [1.82, 2.24) is 15.0 Å². The zero-order chi connectivity index (χ0) is 19.6. The summed E-state index contributed by atoms with van der Waals surface area (Å²) in [6.07, 6.45) is 0. The average Bonchev–Trinajstić information content (AvgIpc) is 2.52. The lowest BCUT2D eigenvalue weighted by molar-refractivity contribution is 0.626. The second-order valence-corrected chi connectivity index (χ2v) is 6.50. The number of nitrogens with two attached hydrogens (primary N) is 1. The lowest BCUT2D eigenvalue weighted by Gasteiger charge is -2.14. The standard InChI is InChI=1S/C19H20F2N6/c1-10(2)23-17-9-18(24-14-5-11(3)4-12(20)6-14)27-19(26-17)15-7-13(21)8-16(22)25-15/h4-10H,1-3H3,(H2,22,25)(H2,23,24,26,27). The van der Waals surface area contributed by atoms with Crippen LogP contribution >= 0.6 is 0 Å². The van der Waals surface area contributed by atoms with Gasteiger partial charge in [-0.1, -0.05) is 0 Å². The first-order chi connectivity index (χ1) is 12.8. The van der Waals surface area contributed by atoms with E-state index in [9.17, 15) is 8.78 Å². The Balaban J connectivity index is 2.04. The van der Waals surface area contributed by atoms with Gasteiger partial charge in [-0.05, 0) is 44.5 Å². The van der Waals surface area contributed by atoms with Crippen molar-refractivity contribution in [3.05, 3.63) is 53.6 Å². The summed E-state index contributed by atoms with van der Waals surface area (Å²) in [5, 5.41) is 6.23. The van der Waals surface area contributed by atoms with Gasteiger partial charge in [-0.3, -0.25) is 0 Å². The number of hydrogen-bond donors (Lipinski definition) is 3. The molecule has 0 amide bonds. The van der Waals surface area contributed by atoms with Gasteiger partial charge in [0.2, 0.25) is 0 Å². The fraction of sp³-hybridized carbons (Fsp3) is 0.211. The smallest absolute Gasteiger partial charge is 0.182 e. The molecular formula is C19H20F2N6. The Bertz CT molecular complexity index is 934. The van der Waals surface area contributed by atoms with E-state index in [0.29, 0.717) is 17.3 Å². The third-order valence-electron chi connectivity index (χ3n) is 3.52. The minimum atomic E-state index is -0.529. The van der Waals surface area contributed by atoms with E-state index in [1.54, 1.807) is 19.1 Å². The fourth-order valence-electron chi connectivity index (χ4n) is 2.58. The van der Waals surface area contributed by atoms with E-state index in [0.717, 1.165) is 11.6 Å². The molecule has 0 bridgehead atoms. The molecule has 1 aromatic carbocycles. The molecule has 0 saturated heterocycles. The largest absolute Gasteiger partial charge is 0.384 e. The summed E-state index contributed by atoms with van der Waals surface area (Å²) in [7, 11) is 0. The van der Waals surface area contributed by atoms with Crippen molar-refractivity contribution in [2.24, 2.45) is 0 Å². The summed E-state index contributed by atoms with van der Waals surface area (Å²) < 4.78 is 27.4. The topological polar surface area (TPSA) is 88.8 Å². The molecule has 27 heavy (non-hydrogen) atoms. The van der Waals surface area contributed by atoms with Gasteiger partial charge in [0.1, 0.15) is 34.8 Å². The second-order valence-electron chi connectivity index (χ2n) is 6.50. The van der Waals surface area contributed by atoms with Gasteiger partial charge in [0.25, 0.3) is 0 Å². The first-order valence-electron chi connectivity index (χ1n) is 8.42. The molecule has 0 spiro atoms. The van der Waals surface area contributed by atoms with E-state index in [1.165, 1.54) is 18.2 Å². The van der Waals surface area contributed by atoms with E-state index in [-0.39, 0.29) is 29.2 Å². The van der Waals surface area contributed by atoms with E-state index < -0.39 is 5.82 Å². The van der Waals surface area contributed by atoms with Gasteiger partial charge in [0, 0.05) is 29.9 Å². The Hall–Kier alpha value is -3.29. The summed E-state index contributed by atoms with van der Waals surface area (Å²) in [6, 6.07) is 8.72. The number of hydrogen-bond acceptors (Lipinski definition) is 6. The van der Waals surface area contributed by atoms with Gasteiger partial charge < -0.3 is 16.4 Å². The number of pyridine rings is 1. The molecule has 0 radical (unpaired) electrons. The minimum Gasteiger partial charge on any atom is -0.384 e. The van der Waals surface area contributed by atoms with Gasteiger partial charge in [0.05, 0.1) is 0 Å². The molecule has 0 unspecified atom stereocenters. The molecule has 3 rings (SSSR count). The predicted octanol–water partition coefficient (Wildman–Crippen LogP) is 4.27. The molecule has 0 aliphatic heterocycles.